The summed E-state index contributed by atoms with van der Waals surface area (Å²) in [5.74, 6) is 1.25. The molecule has 0 heterocycles. The number of allylic oxidation sites excluding steroid dienone is 2. The summed E-state index contributed by atoms with van der Waals surface area (Å²) >= 11 is 0. The monoisotopic (exact) mass is 399 g/mol. The van der Waals surface area contributed by atoms with Gasteiger partial charge in [0.1, 0.15) is 23.3 Å². The van der Waals surface area contributed by atoms with Crippen LogP contribution in [0.2, 0.25) is 0 Å². The number of halogens is 2. The van der Waals surface area contributed by atoms with E-state index in [-0.39, 0.29) is 5.92 Å². The number of hydrogen-bond donors (Lipinski definition) is 0. The lowest BCUT2D eigenvalue weighted by atomic mass is 9.77. The van der Waals surface area contributed by atoms with Gasteiger partial charge in [0.2, 0.25) is 0 Å². The van der Waals surface area contributed by atoms with Crippen LogP contribution in [0.1, 0.15) is 101 Å². The van der Waals surface area contributed by atoms with Gasteiger partial charge in [0.15, 0.2) is 0 Å². The van der Waals surface area contributed by atoms with E-state index in [1.54, 1.807) is 6.07 Å². The summed E-state index contributed by atoms with van der Waals surface area (Å²) in [7, 11) is 0. The van der Waals surface area contributed by atoms with E-state index in [4.69, 9.17) is 5.26 Å². The highest BCUT2D eigenvalue weighted by molar-refractivity contribution is 5.36. The van der Waals surface area contributed by atoms with Crippen molar-refractivity contribution in [3.05, 3.63) is 47.0 Å². The molecule has 0 aromatic heterocycles. The molecule has 2 fully saturated rings. The number of hydrogen-bond acceptors (Lipinski definition) is 1. The van der Waals surface area contributed by atoms with Crippen molar-refractivity contribution in [2.45, 2.75) is 89.9 Å². The summed E-state index contributed by atoms with van der Waals surface area (Å²) in [6.45, 7) is 2.30. The largest absolute Gasteiger partial charge is 0.205 e. The summed E-state index contributed by atoms with van der Waals surface area (Å²) in [6, 6.07) is 4.32. The van der Waals surface area contributed by atoms with E-state index < -0.39 is 17.2 Å². The third-order valence-corrected chi connectivity index (χ3v) is 7.23. The average Bonchev–Trinajstić information content (AvgIpc) is 2.73. The molecule has 0 aliphatic heterocycles. The Morgan fingerprint density at radius 3 is 2.07 bits per heavy atom. The standard InChI is InChI=1S/C26H35F2N/c1-2-5-19-8-10-20(11-9-19)6-3-4-7-21-12-14-22(15-13-21)23-16-25(27)24(18-29)26(28)17-23/h4,7,16-17,19-22H,2-3,5-6,8-15H2,1H3/b7-4+. The molecular weight excluding hydrogens is 364 g/mol. The summed E-state index contributed by atoms with van der Waals surface area (Å²) in [6.07, 6.45) is 19.8. The molecule has 3 heteroatoms. The molecule has 0 bridgehead atoms. The predicted octanol–water partition coefficient (Wildman–Crippen LogP) is 8.05. The van der Waals surface area contributed by atoms with E-state index in [1.165, 1.54) is 63.5 Å². The molecule has 0 spiro atoms. The zero-order valence-electron chi connectivity index (χ0n) is 17.8. The maximum absolute atomic E-state index is 13.9. The second-order valence-corrected chi connectivity index (χ2v) is 9.26. The normalized spacial score (nSPS) is 27.8. The summed E-state index contributed by atoms with van der Waals surface area (Å²) in [5.41, 5.74) is 0.240. The fourth-order valence-corrected chi connectivity index (χ4v) is 5.42. The van der Waals surface area contributed by atoms with Gasteiger partial charge in [-0.2, -0.15) is 5.26 Å². The van der Waals surface area contributed by atoms with Gasteiger partial charge in [-0.1, -0.05) is 57.6 Å². The van der Waals surface area contributed by atoms with Crippen LogP contribution < -0.4 is 0 Å². The quantitative estimate of drug-likeness (QED) is 0.425. The molecule has 0 atom stereocenters. The van der Waals surface area contributed by atoms with Crippen LogP contribution >= 0.6 is 0 Å². The molecule has 1 aromatic rings. The molecule has 1 nitrogen and oxygen atoms in total. The first-order valence-electron chi connectivity index (χ1n) is 11.7. The van der Waals surface area contributed by atoms with Crippen molar-refractivity contribution in [2.24, 2.45) is 17.8 Å². The van der Waals surface area contributed by atoms with Gasteiger partial charge in [-0.3, -0.25) is 0 Å². The van der Waals surface area contributed by atoms with Crippen LogP contribution in [0.4, 0.5) is 8.78 Å². The maximum Gasteiger partial charge on any atom is 0.144 e. The number of benzene rings is 1. The molecule has 0 unspecified atom stereocenters. The van der Waals surface area contributed by atoms with E-state index in [2.05, 4.69) is 19.1 Å². The van der Waals surface area contributed by atoms with E-state index in [9.17, 15) is 8.78 Å². The first kappa shape index (κ1) is 22.0. The lowest BCUT2D eigenvalue weighted by Crippen LogP contribution is -2.14. The molecule has 1 aromatic carbocycles. The number of rotatable bonds is 7. The van der Waals surface area contributed by atoms with Crippen LogP contribution in [0.3, 0.4) is 0 Å². The minimum atomic E-state index is -0.728. The smallest absolute Gasteiger partial charge is 0.144 e. The third-order valence-electron chi connectivity index (χ3n) is 7.23. The van der Waals surface area contributed by atoms with Gasteiger partial charge < -0.3 is 0 Å². The Morgan fingerprint density at radius 1 is 0.931 bits per heavy atom. The molecule has 0 saturated heterocycles. The van der Waals surface area contributed by atoms with Gasteiger partial charge in [-0.15, -0.1) is 0 Å². The lowest BCUT2D eigenvalue weighted by molar-refractivity contribution is 0.253. The molecule has 3 rings (SSSR count). The van der Waals surface area contributed by atoms with Crippen LogP contribution in [-0.4, -0.2) is 0 Å². The van der Waals surface area contributed by atoms with Crippen molar-refractivity contribution in [3.8, 4) is 6.07 Å². The van der Waals surface area contributed by atoms with Crippen molar-refractivity contribution >= 4 is 0 Å². The van der Waals surface area contributed by atoms with Crippen molar-refractivity contribution < 1.29 is 8.78 Å². The van der Waals surface area contributed by atoms with Crippen LogP contribution in [0.15, 0.2) is 24.3 Å². The maximum atomic E-state index is 13.9. The van der Waals surface area contributed by atoms with Gasteiger partial charge in [-0.25, -0.2) is 8.78 Å². The van der Waals surface area contributed by atoms with Gasteiger partial charge >= 0.3 is 0 Å². The summed E-state index contributed by atoms with van der Waals surface area (Å²) in [5, 5.41) is 8.82. The highest BCUT2D eigenvalue weighted by atomic mass is 19.1. The first-order valence-corrected chi connectivity index (χ1v) is 11.7. The second-order valence-electron chi connectivity index (χ2n) is 9.26. The van der Waals surface area contributed by atoms with Gasteiger partial charge in [0, 0.05) is 0 Å². The van der Waals surface area contributed by atoms with E-state index in [0.29, 0.717) is 11.5 Å². The van der Waals surface area contributed by atoms with Crippen molar-refractivity contribution in [1.29, 1.82) is 5.26 Å². The Labute approximate surface area is 175 Å². The van der Waals surface area contributed by atoms with Crippen LogP contribution in [-0.2, 0) is 0 Å². The first-order chi connectivity index (χ1) is 14.1. The zero-order valence-corrected chi connectivity index (χ0v) is 17.8. The molecule has 29 heavy (non-hydrogen) atoms. The Morgan fingerprint density at radius 2 is 1.52 bits per heavy atom. The van der Waals surface area contributed by atoms with Gasteiger partial charge in [0.25, 0.3) is 0 Å². The average molecular weight is 400 g/mol. The zero-order chi connectivity index (χ0) is 20.6. The van der Waals surface area contributed by atoms with Crippen molar-refractivity contribution in [3.63, 3.8) is 0 Å². The Balaban J connectivity index is 1.38. The molecule has 0 amide bonds. The Hall–Kier alpha value is -1.69. The Bertz CT molecular complexity index is 694. The van der Waals surface area contributed by atoms with Crippen LogP contribution in [0.5, 0.6) is 0 Å². The van der Waals surface area contributed by atoms with Gasteiger partial charge in [0.05, 0.1) is 0 Å². The number of nitrogens with zero attached hydrogens (tertiary/aromatic N) is 1. The Kier molecular flexibility index (Phi) is 8.28. The fraction of sp³-hybridized carbons (Fsp3) is 0.654. The fourth-order valence-electron chi connectivity index (χ4n) is 5.42. The minimum Gasteiger partial charge on any atom is -0.205 e. The summed E-state index contributed by atoms with van der Waals surface area (Å²) in [4.78, 5) is 0. The predicted molar refractivity (Wildman–Crippen MR) is 115 cm³/mol. The van der Waals surface area contributed by atoms with E-state index in [0.717, 1.165) is 37.5 Å². The highest BCUT2D eigenvalue weighted by Crippen LogP contribution is 2.38. The SMILES string of the molecule is CCCC1CCC(CC/C=C/C2CCC(c3cc(F)c(C#N)c(F)c3)CC2)CC1. The molecule has 2 saturated carbocycles. The second kappa shape index (κ2) is 10.9. The number of nitriles is 1. The molecule has 0 N–H and O–H groups in total. The van der Waals surface area contributed by atoms with Crippen molar-refractivity contribution in [2.75, 3.05) is 0 Å². The van der Waals surface area contributed by atoms with Crippen LogP contribution in [0, 0.1) is 40.7 Å². The summed E-state index contributed by atoms with van der Waals surface area (Å²) < 4.78 is 27.8. The lowest BCUT2D eigenvalue weighted by Gasteiger charge is -2.28. The van der Waals surface area contributed by atoms with E-state index in [1.807, 2.05) is 0 Å². The molecule has 2 aliphatic rings. The molecule has 158 valence electrons. The highest BCUT2D eigenvalue weighted by Gasteiger charge is 2.23. The molecule has 0 radical (unpaired) electrons. The van der Waals surface area contributed by atoms with Gasteiger partial charge in [-0.05, 0) is 79.9 Å². The third kappa shape index (κ3) is 6.14. The van der Waals surface area contributed by atoms with E-state index >= 15 is 0 Å². The minimum absolute atomic E-state index is 0.203. The molecule has 2 aliphatic carbocycles. The van der Waals surface area contributed by atoms with Crippen LogP contribution in [0.25, 0.3) is 0 Å². The van der Waals surface area contributed by atoms with Crippen molar-refractivity contribution in [1.82, 2.24) is 0 Å². The topological polar surface area (TPSA) is 23.8 Å². The molecular formula is C26H35F2N.